The molecule has 1 heteroatoms. The van der Waals surface area contributed by atoms with E-state index in [-0.39, 0.29) is 5.83 Å². The van der Waals surface area contributed by atoms with Crippen LogP contribution < -0.4 is 0 Å². The number of halogens is 1. The molecule has 1 aliphatic rings. The fourth-order valence-electron chi connectivity index (χ4n) is 1.16. The molecule has 0 spiro atoms. The van der Waals surface area contributed by atoms with Crippen molar-refractivity contribution < 1.29 is 4.39 Å². The van der Waals surface area contributed by atoms with Crippen LogP contribution in [0.3, 0.4) is 0 Å². The zero-order valence-corrected chi connectivity index (χ0v) is 7.02. The highest BCUT2D eigenvalue weighted by molar-refractivity contribution is 5.25. The van der Waals surface area contributed by atoms with Gasteiger partial charge >= 0.3 is 0 Å². The summed E-state index contributed by atoms with van der Waals surface area (Å²) in [5.74, 6) is -0.0718. The summed E-state index contributed by atoms with van der Waals surface area (Å²) in [6.07, 6.45) is 7.16. The first-order valence-corrected chi connectivity index (χ1v) is 3.87. The van der Waals surface area contributed by atoms with Gasteiger partial charge < -0.3 is 0 Å². The lowest BCUT2D eigenvalue weighted by Gasteiger charge is -2.04. The molecule has 0 saturated carbocycles. The van der Waals surface area contributed by atoms with Gasteiger partial charge in [-0.2, -0.15) is 0 Å². The SMILES string of the molecule is C/C1=C/C/C=C\C(F)=C(\C)C1. The number of hydrogen-bond donors (Lipinski definition) is 0. The molecule has 0 amide bonds. The monoisotopic (exact) mass is 152 g/mol. The maximum atomic E-state index is 13.0. The zero-order valence-electron chi connectivity index (χ0n) is 7.02. The third-order valence-corrected chi connectivity index (χ3v) is 1.82. The van der Waals surface area contributed by atoms with E-state index in [9.17, 15) is 4.39 Å². The average molecular weight is 152 g/mol. The Balaban J connectivity index is 2.88. The Hall–Kier alpha value is -0.850. The highest BCUT2D eigenvalue weighted by Crippen LogP contribution is 2.19. The van der Waals surface area contributed by atoms with Gasteiger partial charge in [0, 0.05) is 0 Å². The zero-order chi connectivity index (χ0) is 8.27. The molecule has 0 bridgehead atoms. The summed E-state index contributed by atoms with van der Waals surface area (Å²) in [5.41, 5.74) is 2.08. The molecule has 0 unspecified atom stereocenters. The van der Waals surface area contributed by atoms with E-state index in [2.05, 4.69) is 6.08 Å². The smallest absolute Gasteiger partial charge is 0.122 e. The van der Waals surface area contributed by atoms with E-state index in [1.54, 1.807) is 6.08 Å². The van der Waals surface area contributed by atoms with Crippen LogP contribution in [0.5, 0.6) is 0 Å². The van der Waals surface area contributed by atoms with Crippen LogP contribution >= 0.6 is 0 Å². The third kappa shape index (κ3) is 2.34. The van der Waals surface area contributed by atoms with Crippen LogP contribution in [0.15, 0.2) is 35.2 Å². The van der Waals surface area contributed by atoms with Crippen LogP contribution in [-0.2, 0) is 0 Å². The van der Waals surface area contributed by atoms with Crippen molar-refractivity contribution in [3.8, 4) is 0 Å². The molecule has 0 aliphatic heterocycles. The van der Waals surface area contributed by atoms with E-state index in [0.29, 0.717) is 0 Å². The molecule has 0 N–H and O–H groups in total. The Labute approximate surface area is 67.1 Å². The van der Waals surface area contributed by atoms with Gasteiger partial charge in [0.15, 0.2) is 0 Å². The molecule has 0 radical (unpaired) electrons. The van der Waals surface area contributed by atoms with Gasteiger partial charge in [-0.3, -0.25) is 0 Å². The van der Waals surface area contributed by atoms with Crippen molar-refractivity contribution in [3.05, 3.63) is 35.2 Å². The molecule has 11 heavy (non-hydrogen) atoms. The Morgan fingerprint density at radius 1 is 1.36 bits per heavy atom. The quantitative estimate of drug-likeness (QED) is 0.466. The van der Waals surface area contributed by atoms with Gasteiger partial charge in [-0.15, -0.1) is 0 Å². The molecule has 0 aromatic heterocycles. The van der Waals surface area contributed by atoms with Crippen molar-refractivity contribution in [1.82, 2.24) is 0 Å². The van der Waals surface area contributed by atoms with Gasteiger partial charge in [0.05, 0.1) is 0 Å². The molecule has 0 atom stereocenters. The lowest BCUT2D eigenvalue weighted by Crippen LogP contribution is -1.86. The summed E-state index contributed by atoms with van der Waals surface area (Å²) < 4.78 is 13.0. The van der Waals surface area contributed by atoms with Gasteiger partial charge in [0.2, 0.25) is 0 Å². The molecule has 1 rings (SSSR count). The second-order valence-corrected chi connectivity index (χ2v) is 2.99. The molecular weight excluding hydrogens is 139 g/mol. The second-order valence-electron chi connectivity index (χ2n) is 2.99. The molecule has 60 valence electrons. The van der Waals surface area contributed by atoms with E-state index in [1.165, 1.54) is 5.57 Å². The molecule has 0 aromatic rings. The van der Waals surface area contributed by atoms with Gasteiger partial charge in [0.1, 0.15) is 5.83 Å². The normalized spacial score (nSPS) is 33.5. The van der Waals surface area contributed by atoms with Crippen LogP contribution in [-0.4, -0.2) is 0 Å². The Morgan fingerprint density at radius 2 is 2.09 bits per heavy atom. The molecule has 0 heterocycles. The summed E-state index contributed by atoms with van der Waals surface area (Å²) in [6.45, 7) is 3.87. The molecular formula is C10H13F. The third-order valence-electron chi connectivity index (χ3n) is 1.82. The summed E-state index contributed by atoms with van der Waals surface area (Å²) >= 11 is 0. The molecule has 1 aliphatic carbocycles. The first-order valence-electron chi connectivity index (χ1n) is 3.87. The highest BCUT2D eigenvalue weighted by Gasteiger charge is 2.00. The fraction of sp³-hybridized carbons (Fsp3) is 0.400. The van der Waals surface area contributed by atoms with Crippen molar-refractivity contribution in [1.29, 1.82) is 0 Å². The minimum absolute atomic E-state index is 0.0718. The first kappa shape index (κ1) is 8.25. The molecule has 0 saturated heterocycles. The van der Waals surface area contributed by atoms with Gasteiger partial charge in [-0.05, 0) is 38.3 Å². The molecule has 0 aromatic carbocycles. The number of allylic oxidation sites excluding steroid dienone is 6. The van der Waals surface area contributed by atoms with Crippen LogP contribution in [0.1, 0.15) is 26.7 Å². The standard InChI is InChI=1S/C10H13F/c1-8-5-3-4-6-10(11)9(2)7-8/h4-6H,3,7H2,1-2H3/b6-4-,8-5-,10-9+. The van der Waals surface area contributed by atoms with E-state index in [1.807, 2.05) is 19.9 Å². The van der Waals surface area contributed by atoms with Crippen LogP contribution in [0.2, 0.25) is 0 Å². The summed E-state index contributed by atoms with van der Waals surface area (Å²) in [4.78, 5) is 0. The Morgan fingerprint density at radius 3 is 2.82 bits per heavy atom. The highest BCUT2D eigenvalue weighted by atomic mass is 19.1. The van der Waals surface area contributed by atoms with Gasteiger partial charge in [-0.1, -0.05) is 17.7 Å². The maximum Gasteiger partial charge on any atom is 0.122 e. The predicted molar refractivity (Wildman–Crippen MR) is 45.9 cm³/mol. The van der Waals surface area contributed by atoms with Crippen molar-refractivity contribution in [2.75, 3.05) is 0 Å². The lowest BCUT2D eigenvalue weighted by molar-refractivity contribution is 0.647. The van der Waals surface area contributed by atoms with Gasteiger partial charge in [0.25, 0.3) is 0 Å². The molecule has 0 nitrogen and oxygen atoms in total. The topological polar surface area (TPSA) is 0 Å². The lowest BCUT2D eigenvalue weighted by atomic mass is 10.0. The van der Waals surface area contributed by atoms with Crippen LogP contribution in [0.25, 0.3) is 0 Å². The summed E-state index contributed by atoms with van der Waals surface area (Å²) in [6, 6.07) is 0. The molecule has 0 fully saturated rings. The van der Waals surface area contributed by atoms with Crippen LogP contribution in [0.4, 0.5) is 4.39 Å². The minimum atomic E-state index is -0.0718. The second kappa shape index (κ2) is 3.51. The van der Waals surface area contributed by atoms with Crippen molar-refractivity contribution >= 4 is 0 Å². The van der Waals surface area contributed by atoms with E-state index >= 15 is 0 Å². The van der Waals surface area contributed by atoms with E-state index < -0.39 is 0 Å². The van der Waals surface area contributed by atoms with E-state index in [0.717, 1.165) is 18.4 Å². The maximum absolute atomic E-state index is 13.0. The first-order chi connectivity index (χ1) is 5.20. The van der Waals surface area contributed by atoms with Crippen molar-refractivity contribution in [2.24, 2.45) is 0 Å². The van der Waals surface area contributed by atoms with E-state index in [4.69, 9.17) is 0 Å². The largest absolute Gasteiger partial charge is 0.207 e. The fourth-order valence-corrected chi connectivity index (χ4v) is 1.16. The average Bonchev–Trinajstić information content (AvgIpc) is 1.95. The number of hydrogen-bond acceptors (Lipinski definition) is 0. The summed E-state index contributed by atoms with van der Waals surface area (Å²) in [7, 11) is 0. The van der Waals surface area contributed by atoms with Crippen molar-refractivity contribution in [3.63, 3.8) is 0 Å². The minimum Gasteiger partial charge on any atom is -0.207 e. The Kier molecular flexibility index (Phi) is 2.64. The van der Waals surface area contributed by atoms with Crippen molar-refractivity contribution in [2.45, 2.75) is 26.7 Å². The van der Waals surface area contributed by atoms with Crippen LogP contribution in [0, 0.1) is 0 Å². The Bertz CT molecular complexity index is 231. The summed E-state index contributed by atoms with van der Waals surface area (Å²) in [5, 5.41) is 0. The number of rotatable bonds is 0. The van der Waals surface area contributed by atoms with Gasteiger partial charge in [-0.25, -0.2) is 4.39 Å². The predicted octanol–water partition coefficient (Wildman–Crippen LogP) is 3.53.